The fourth-order valence-electron chi connectivity index (χ4n) is 0. The Hall–Kier alpha value is 0.687. The molecule has 0 aliphatic heterocycles. The molecule has 0 bridgehead atoms. The third-order valence-corrected chi connectivity index (χ3v) is 0. The number of aliphatic hydroxyl groups is 1. The molecule has 0 aromatic rings. The van der Waals surface area contributed by atoms with Crippen LogP contribution in [-0.2, 0) is 0 Å². The van der Waals surface area contributed by atoms with E-state index in [1.165, 1.54) is 0 Å². The van der Waals surface area contributed by atoms with Crippen LogP contribution in [-0.4, -0.2) is 12.2 Å². The predicted octanol–water partition coefficient (Wildman–Crippen LogP) is -8.14. The molecule has 0 aromatic carbocycles. The van der Waals surface area contributed by atoms with Crippen LogP contribution in [0.5, 0.6) is 0 Å². The van der Waals surface area contributed by atoms with Gasteiger partial charge in [-0.15, -0.1) is 10.2 Å². The maximum absolute atomic E-state index is 8.49. The molecule has 0 aliphatic carbocycles. The van der Waals surface area contributed by atoms with Gasteiger partial charge in [0.1, 0.15) is 0 Å². The minimum Gasteiger partial charge on any atom is -0.400 e. The van der Waals surface area contributed by atoms with Gasteiger partial charge in [-0.1, -0.05) is 0 Å². The minimum absolute atomic E-state index is 0. The second kappa shape index (κ2) is 7.69. The Balaban J connectivity index is -0.0000000750. The first kappa shape index (κ1) is 15.9. The molecule has 8 heavy (non-hydrogen) atoms. The number of halogens is 1. The molecule has 0 fully saturated rings. The fourth-order valence-corrected chi connectivity index (χ4v) is 0. The molecule has 1 N–H and O–H groups in total. The Morgan fingerprint density at radius 2 is 1.00 bits per heavy atom. The fraction of sp³-hybridized carbons (Fsp3) is 1.00. The molecule has 0 atom stereocenters. The first-order chi connectivity index (χ1) is 3.00. The normalized spacial score (nSPS) is 8.25. The first-order valence-electron chi connectivity index (χ1n) is 1.06. The van der Waals surface area contributed by atoms with Crippen molar-refractivity contribution >= 4 is 0 Å². The molecule has 0 saturated heterocycles. The van der Waals surface area contributed by atoms with Crippen LogP contribution < -0.4 is 37.5 Å². The number of hydrogen-bond donors (Lipinski definition) is 1. The molecule has 0 heterocycles. The van der Waals surface area contributed by atoms with E-state index in [-0.39, 0.29) is 18.9 Å². The summed E-state index contributed by atoms with van der Waals surface area (Å²) in [5, 5.41) is 7.00. The Bertz CT molecular complexity index is 27.9. The van der Waals surface area contributed by atoms with Crippen LogP contribution in [0.4, 0.5) is 0 Å². The van der Waals surface area contributed by atoms with Crippen LogP contribution in [0, 0.1) is 10.2 Å². The summed E-state index contributed by atoms with van der Waals surface area (Å²) < 4.78 is 34.0. The van der Waals surface area contributed by atoms with Crippen molar-refractivity contribution in [3.63, 3.8) is 0 Å². The average molecular weight is 138 g/mol. The number of aliphatic hydroxyl groups excluding tert-OH is 1. The van der Waals surface area contributed by atoms with Gasteiger partial charge in [0, 0.05) is 7.11 Å². The van der Waals surface area contributed by atoms with Gasteiger partial charge in [-0.3, -0.25) is 0 Å². The summed E-state index contributed by atoms with van der Waals surface area (Å²) in [6.07, 6.45) is 0. The van der Waals surface area contributed by atoms with Crippen LogP contribution in [0.1, 0.15) is 0 Å². The van der Waals surface area contributed by atoms with Gasteiger partial charge in [0.05, 0.1) is 0 Å². The quantitative estimate of drug-likeness (QED) is 0.334. The van der Waals surface area contributed by atoms with Crippen LogP contribution in [0.15, 0.2) is 0 Å². The van der Waals surface area contributed by atoms with E-state index >= 15 is 0 Å². The maximum Gasteiger partial charge on any atom is 1.00 e. The molecule has 0 aliphatic rings. The van der Waals surface area contributed by atoms with Crippen molar-refractivity contribution in [3.05, 3.63) is 0 Å². The predicted molar refractivity (Wildman–Crippen MR) is 8.14 cm³/mol. The standard InChI is InChI=1S/CH4O.ClHO4.Li/c1-2;2-1(3,4)5;/h2H,1H3;(H,2,3,4,5);/q;;+1/p-1. The average Bonchev–Trinajstić information content (AvgIpc) is 1.36. The molecule has 46 valence electrons. The third kappa shape index (κ3) is 458. The van der Waals surface area contributed by atoms with Gasteiger partial charge in [-0.25, -0.2) is 18.6 Å². The van der Waals surface area contributed by atoms with Crippen molar-refractivity contribution < 1.29 is 52.8 Å². The molecule has 7 heteroatoms. The first-order valence-corrected chi connectivity index (χ1v) is 2.30. The number of rotatable bonds is 0. The third-order valence-electron chi connectivity index (χ3n) is 0. The second-order valence-electron chi connectivity index (χ2n) is 0.378. The molecular weight excluding hydrogens is 134 g/mol. The Morgan fingerprint density at radius 3 is 1.00 bits per heavy atom. The van der Waals surface area contributed by atoms with E-state index < -0.39 is 10.2 Å². The van der Waals surface area contributed by atoms with Gasteiger partial charge in [-0.05, 0) is 0 Å². The van der Waals surface area contributed by atoms with Crippen molar-refractivity contribution in [1.29, 1.82) is 0 Å². The number of hydrogen-bond acceptors (Lipinski definition) is 5. The zero-order valence-electron chi connectivity index (χ0n) is 4.46. The molecule has 0 spiro atoms. The zero-order valence-corrected chi connectivity index (χ0v) is 5.21. The second-order valence-corrected chi connectivity index (χ2v) is 1.13. The van der Waals surface area contributed by atoms with Gasteiger partial charge >= 0.3 is 18.9 Å². The van der Waals surface area contributed by atoms with E-state index in [1.807, 2.05) is 0 Å². The summed E-state index contributed by atoms with van der Waals surface area (Å²) in [4.78, 5) is 0. The van der Waals surface area contributed by atoms with Crippen molar-refractivity contribution in [1.82, 2.24) is 0 Å². The van der Waals surface area contributed by atoms with Gasteiger partial charge in [0.15, 0.2) is 0 Å². The maximum atomic E-state index is 8.49. The van der Waals surface area contributed by atoms with E-state index in [1.54, 1.807) is 0 Å². The molecular formula is CH4ClLiO5. The largest absolute Gasteiger partial charge is 1.00 e. The zero-order chi connectivity index (χ0) is 6.50. The minimum atomic E-state index is -4.94. The molecule has 0 rings (SSSR count). The molecule has 0 amide bonds. The monoisotopic (exact) mass is 138 g/mol. The summed E-state index contributed by atoms with van der Waals surface area (Å²) in [5.74, 6) is 0. The Kier molecular flexibility index (Phi) is 15.3. The van der Waals surface area contributed by atoms with Crippen molar-refractivity contribution in [3.8, 4) is 0 Å². The van der Waals surface area contributed by atoms with Crippen molar-refractivity contribution in [2.75, 3.05) is 7.11 Å². The van der Waals surface area contributed by atoms with Crippen LogP contribution in [0.2, 0.25) is 0 Å². The SMILES string of the molecule is CO.[Li+].[O-][Cl+3]([O-])([O-])[O-]. The van der Waals surface area contributed by atoms with Crippen LogP contribution in [0.25, 0.3) is 0 Å². The Morgan fingerprint density at radius 1 is 1.00 bits per heavy atom. The van der Waals surface area contributed by atoms with Crippen LogP contribution in [0.3, 0.4) is 0 Å². The summed E-state index contributed by atoms with van der Waals surface area (Å²) in [6, 6.07) is 0. The molecule has 0 saturated carbocycles. The van der Waals surface area contributed by atoms with Gasteiger partial charge in [0.25, 0.3) is 0 Å². The van der Waals surface area contributed by atoms with E-state index in [4.69, 9.17) is 23.7 Å². The van der Waals surface area contributed by atoms with Crippen LogP contribution >= 0.6 is 0 Å². The molecule has 0 radical (unpaired) electrons. The summed E-state index contributed by atoms with van der Waals surface area (Å²) in [6.45, 7) is 0. The molecule has 5 nitrogen and oxygen atoms in total. The summed E-state index contributed by atoms with van der Waals surface area (Å²) in [5.41, 5.74) is 0. The topological polar surface area (TPSA) is 112 Å². The van der Waals surface area contributed by atoms with E-state index in [2.05, 4.69) is 0 Å². The molecule has 0 unspecified atom stereocenters. The summed E-state index contributed by atoms with van der Waals surface area (Å²) in [7, 11) is -3.94. The van der Waals surface area contributed by atoms with Crippen molar-refractivity contribution in [2.24, 2.45) is 0 Å². The molecule has 0 aromatic heterocycles. The van der Waals surface area contributed by atoms with Gasteiger partial charge in [0.2, 0.25) is 0 Å². The van der Waals surface area contributed by atoms with E-state index in [9.17, 15) is 0 Å². The Labute approximate surface area is 60.5 Å². The van der Waals surface area contributed by atoms with Gasteiger partial charge in [-0.2, -0.15) is 0 Å². The van der Waals surface area contributed by atoms with E-state index in [0.717, 1.165) is 7.11 Å². The smallest absolute Gasteiger partial charge is 0.400 e. The van der Waals surface area contributed by atoms with Gasteiger partial charge < -0.3 is 5.11 Å². The van der Waals surface area contributed by atoms with Crippen molar-refractivity contribution in [2.45, 2.75) is 0 Å². The summed E-state index contributed by atoms with van der Waals surface area (Å²) >= 11 is 0. The van der Waals surface area contributed by atoms with E-state index in [0.29, 0.717) is 0 Å².